The summed E-state index contributed by atoms with van der Waals surface area (Å²) < 4.78 is 6.39. The third kappa shape index (κ3) is 3.06. The predicted octanol–water partition coefficient (Wildman–Crippen LogP) is 2.42. The molecule has 1 aliphatic rings. The molecule has 0 spiro atoms. The van der Waals surface area contributed by atoms with Gasteiger partial charge in [0.1, 0.15) is 0 Å². The average molecular weight is 283 g/mol. The van der Waals surface area contributed by atoms with E-state index in [1.165, 1.54) is 5.56 Å². The van der Waals surface area contributed by atoms with E-state index in [1.54, 1.807) is 0 Å². The Hall–Kier alpha value is -0.870. The van der Waals surface area contributed by atoms with E-state index in [0.717, 1.165) is 36.3 Å². The van der Waals surface area contributed by atoms with Gasteiger partial charge in [-0.25, -0.2) is 0 Å². The highest BCUT2D eigenvalue weighted by atomic mass is 79.9. The summed E-state index contributed by atoms with van der Waals surface area (Å²) in [5, 5.41) is 6.47. The average Bonchev–Trinajstić information content (AvgIpc) is 2.32. The lowest BCUT2D eigenvalue weighted by Gasteiger charge is -2.23. The highest BCUT2D eigenvalue weighted by Crippen LogP contribution is 2.16. The van der Waals surface area contributed by atoms with Gasteiger partial charge in [0.05, 0.1) is 32.5 Å². The molecule has 0 aromatic heterocycles. The van der Waals surface area contributed by atoms with E-state index >= 15 is 0 Å². The summed E-state index contributed by atoms with van der Waals surface area (Å²) in [5.74, 6) is 0. The standard InChI is InChI=1S/C12H15BrN2O/c1-10-2-3-11(8-12(10)13)9-14-15-4-6-16-7-5-15/h2-3,8-9H,4-7H2,1H3/b14-9+. The smallest absolute Gasteiger partial charge is 0.0659 e. The van der Waals surface area contributed by atoms with Crippen LogP contribution in [0.3, 0.4) is 0 Å². The van der Waals surface area contributed by atoms with Crippen LogP contribution in [0.1, 0.15) is 11.1 Å². The van der Waals surface area contributed by atoms with Gasteiger partial charge in [-0.05, 0) is 24.1 Å². The molecule has 16 heavy (non-hydrogen) atoms. The first-order valence-corrected chi connectivity index (χ1v) is 6.18. The highest BCUT2D eigenvalue weighted by molar-refractivity contribution is 9.10. The van der Waals surface area contributed by atoms with Gasteiger partial charge in [0.15, 0.2) is 0 Å². The van der Waals surface area contributed by atoms with E-state index in [9.17, 15) is 0 Å². The summed E-state index contributed by atoms with van der Waals surface area (Å²) in [6.07, 6.45) is 1.90. The Morgan fingerprint density at radius 2 is 2.12 bits per heavy atom. The van der Waals surface area contributed by atoms with Crippen LogP contribution in [0.15, 0.2) is 27.8 Å². The van der Waals surface area contributed by atoms with Gasteiger partial charge in [0.2, 0.25) is 0 Å². The molecule has 4 heteroatoms. The second kappa shape index (κ2) is 5.46. The number of morpholine rings is 1. The van der Waals surface area contributed by atoms with Crippen molar-refractivity contribution < 1.29 is 4.74 Å². The van der Waals surface area contributed by atoms with E-state index in [4.69, 9.17) is 4.74 Å². The third-order valence-corrected chi connectivity index (χ3v) is 3.41. The lowest BCUT2D eigenvalue weighted by Crippen LogP contribution is -2.32. The van der Waals surface area contributed by atoms with Crippen molar-refractivity contribution in [3.05, 3.63) is 33.8 Å². The van der Waals surface area contributed by atoms with Crippen LogP contribution in [-0.2, 0) is 4.74 Å². The SMILES string of the molecule is Cc1ccc(/C=N/N2CCOCC2)cc1Br. The molecule has 1 aromatic carbocycles. The number of aryl methyl sites for hydroxylation is 1. The van der Waals surface area contributed by atoms with Gasteiger partial charge >= 0.3 is 0 Å². The monoisotopic (exact) mass is 282 g/mol. The number of halogens is 1. The summed E-state index contributed by atoms with van der Waals surface area (Å²) in [4.78, 5) is 0. The summed E-state index contributed by atoms with van der Waals surface area (Å²) in [5.41, 5.74) is 2.35. The molecule has 1 saturated heterocycles. The molecule has 3 nitrogen and oxygen atoms in total. The molecule has 0 amide bonds. The van der Waals surface area contributed by atoms with Gasteiger partial charge in [-0.1, -0.05) is 28.1 Å². The molecule has 0 saturated carbocycles. The van der Waals surface area contributed by atoms with Gasteiger partial charge in [0, 0.05) is 4.47 Å². The van der Waals surface area contributed by atoms with Gasteiger partial charge < -0.3 is 4.74 Å². The summed E-state index contributed by atoms with van der Waals surface area (Å²) in [6, 6.07) is 6.24. The van der Waals surface area contributed by atoms with Crippen molar-refractivity contribution in [1.29, 1.82) is 0 Å². The van der Waals surface area contributed by atoms with Gasteiger partial charge in [-0.3, -0.25) is 5.01 Å². The number of benzene rings is 1. The van der Waals surface area contributed by atoms with E-state index in [1.807, 2.05) is 11.2 Å². The number of rotatable bonds is 2. The van der Waals surface area contributed by atoms with Gasteiger partial charge in [0.25, 0.3) is 0 Å². The van der Waals surface area contributed by atoms with Crippen LogP contribution in [-0.4, -0.2) is 37.5 Å². The Morgan fingerprint density at radius 1 is 1.38 bits per heavy atom. The molecule has 0 unspecified atom stereocenters. The Morgan fingerprint density at radius 3 is 2.81 bits per heavy atom. The van der Waals surface area contributed by atoms with Gasteiger partial charge in [-0.15, -0.1) is 0 Å². The molecule has 0 radical (unpaired) electrons. The summed E-state index contributed by atoms with van der Waals surface area (Å²) in [6.45, 7) is 5.38. The second-order valence-electron chi connectivity index (χ2n) is 3.82. The van der Waals surface area contributed by atoms with E-state index in [-0.39, 0.29) is 0 Å². The molecule has 86 valence electrons. The summed E-state index contributed by atoms with van der Waals surface area (Å²) >= 11 is 3.52. The molecule has 1 aliphatic heterocycles. The molecule has 1 aromatic rings. The molecule has 0 atom stereocenters. The fourth-order valence-corrected chi connectivity index (χ4v) is 1.90. The zero-order valence-electron chi connectivity index (χ0n) is 9.32. The van der Waals surface area contributed by atoms with Crippen molar-refractivity contribution in [3.8, 4) is 0 Å². The van der Waals surface area contributed by atoms with Crippen LogP contribution in [0.4, 0.5) is 0 Å². The Balaban J connectivity index is 2.02. The zero-order valence-corrected chi connectivity index (χ0v) is 10.9. The highest BCUT2D eigenvalue weighted by Gasteiger charge is 2.06. The van der Waals surface area contributed by atoms with Crippen molar-refractivity contribution in [2.45, 2.75) is 6.92 Å². The van der Waals surface area contributed by atoms with E-state index < -0.39 is 0 Å². The minimum absolute atomic E-state index is 0.773. The zero-order chi connectivity index (χ0) is 11.4. The fraction of sp³-hybridized carbons (Fsp3) is 0.417. The number of hydrazone groups is 1. The topological polar surface area (TPSA) is 24.8 Å². The van der Waals surface area contributed by atoms with Gasteiger partial charge in [-0.2, -0.15) is 5.10 Å². The van der Waals surface area contributed by atoms with Crippen molar-refractivity contribution in [2.24, 2.45) is 5.10 Å². The first-order valence-electron chi connectivity index (χ1n) is 5.38. The lowest BCUT2D eigenvalue weighted by atomic mass is 10.2. The van der Waals surface area contributed by atoms with Crippen LogP contribution in [0.25, 0.3) is 0 Å². The molecular weight excluding hydrogens is 268 g/mol. The Bertz CT molecular complexity index is 387. The second-order valence-corrected chi connectivity index (χ2v) is 4.67. The summed E-state index contributed by atoms with van der Waals surface area (Å²) in [7, 11) is 0. The number of ether oxygens (including phenoxy) is 1. The first kappa shape index (κ1) is 11.6. The lowest BCUT2D eigenvalue weighted by molar-refractivity contribution is 0.0397. The maximum atomic E-state index is 5.26. The molecule has 2 rings (SSSR count). The van der Waals surface area contributed by atoms with E-state index in [0.29, 0.717) is 0 Å². The van der Waals surface area contributed by atoms with Crippen LogP contribution >= 0.6 is 15.9 Å². The van der Waals surface area contributed by atoms with Crippen LogP contribution < -0.4 is 0 Å². The molecule has 0 N–H and O–H groups in total. The molecule has 0 bridgehead atoms. The molecule has 1 fully saturated rings. The Kier molecular flexibility index (Phi) is 3.96. The first-order chi connectivity index (χ1) is 7.75. The minimum atomic E-state index is 0.773. The van der Waals surface area contributed by atoms with Crippen molar-refractivity contribution in [3.63, 3.8) is 0 Å². The number of nitrogens with zero attached hydrogens (tertiary/aromatic N) is 2. The maximum Gasteiger partial charge on any atom is 0.0659 e. The maximum absolute atomic E-state index is 5.26. The Labute approximate surface area is 104 Å². The quantitative estimate of drug-likeness (QED) is 0.779. The minimum Gasteiger partial charge on any atom is -0.378 e. The van der Waals surface area contributed by atoms with Crippen LogP contribution in [0.2, 0.25) is 0 Å². The fourth-order valence-electron chi connectivity index (χ4n) is 1.51. The molecule has 1 heterocycles. The van der Waals surface area contributed by atoms with Crippen LogP contribution in [0, 0.1) is 6.92 Å². The number of hydrogen-bond donors (Lipinski definition) is 0. The normalized spacial score (nSPS) is 17.0. The predicted molar refractivity (Wildman–Crippen MR) is 68.9 cm³/mol. The van der Waals surface area contributed by atoms with Crippen molar-refractivity contribution in [2.75, 3.05) is 26.3 Å². The largest absolute Gasteiger partial charge is 0.378 e. The van der Waals surface area contributed by atoms with Crippen molar-refractivity contribution >= 4 is 22.1 Å². The van der Waals surface area contributed by atoms with Crippen LogP contribution in [0.5, 0.6) is 0 Å². The van der Waals surface area contributed by atoms with E-state index in [2.05, 4.69) is 46.2 Å². The van der Waals surface area contributed by atoms with Crippen molar-refractivity contribution in [1.82, 2.24) is 5.01 Å². The molecule has 0 aliphatic carbocycles. The third-order valence-electron chi connectivity index (χ3n) is 2.55. The molecular formula is C12H15BrN2O. The number of hydrogen-bond acceptors (Lipinski definition) is 3.